The Kier molecular flexibility index (Phi) is 9.99. The van der Waals surface area contributed by atoms with E-state index in [-0.39, 0.29) is 18.4 Å². The van der Waals surface area contributed by atoms with Gasteiger partial charge in [-0.05, 0) is 39.3 Å². The lowest BCUT2D eigenvalue weighted by molar-refractivity contribution is -0.147. The number of carbonyl (C=O) groups is 6. The molecule has 0 aliphatic heterocycles. The molecule has 0 fully saturated rings. The Morgan fingerprint density at radius 1 is 1.00 bits per heavy atom. The molecule has 0 spiro atoms. The lowest BCUT2D eigenvalue weighted by Gasteiger charge is -2.24. The van der Waals surface area contributed by atoms with Gasteiger partial charge in [-0.1, -0.05) is 18.2 Å². The van der Waals surface area contributed by atoms with Crippen molar-refractivity contribution in [3.05, 3.63) is 35.9 Å². The van der Waals surface area contributed by atoms with Crippen LogP contribution in [-0.2, 0) is 28.7 Å². The van der Waals surface area contributed by atoms with Gasteiger partial charge >= 0.3 is 24.0 Å². The highest BCUT2D eigenvalue weighted by Gasteiger charge is 2.30. The van der Waals surface area contributed by atoms with Gasteiger partial charge < -0.3 is 30.9 Å². The van der Waals surface area contributed by atoms with Gasteiger partial charge in [-0.15, -0.1) is 0 Å². The number of aliphatic carboxylic acids is 1. The second kappa shape index (κ2) is 12.2. The molecule has 0 bridgehead atoms. The average Bonchev–Trinajstić information content (AvgIpc) is 2.69. The third-order valence-electron chi connectivity index (χ3n) is 3.89. The maximum atomic E-state index is 12.6. The monoisotopic (exact) mass is 465 g/mol. The minimum absolute atomic E-state index is 0.0786. The maximum Gasteiger partial charge on any atom is 0.408 e. The van der Waals surface area contributed by atoms with Crippen LogP contribution < -0.4 is 16.4 Å². The number of nitrogens with two attached hydrogens (primary N) is 1. The molecule has 0 radical (unpaired) electrons. The molecular weight excluding hydrogens is 438 g/mol. The van der Waals surface area contributed by atoms with Crippen molar-refractivity contribution in [1.29, 1.82) is 0 Å². The summed E-state index contributed by atoms with van der Waals surface area (Å²) in [5.74, 6) is -5.51. The van der Waals surface area contributed by atoms with Crippen LogP contribution in [0.5, 0.6) is 0 Å². The van der Waals surface area contributed by atoms with Crippen LogP contribution in [-0.4, -0.2) is 58.6 Å². The number of alkyl carbamates (subject to hydrolysis) is 1. The standard InChI is InChI=1S/C21H27N3O9/c1-21(2,3)33-20(31)24-13(9-10-15(22)25)17(27)23-14(18(28)29)11-16(26)32-19(30)12-7-5-4-6-8-12/h4-8,13-14H,9-11H2,1-3H3,(H2,22,25)(H,23,27)(H,24,31)(H,28,29)/t13-,14-/m0/s1. The number of rotatable bonds is 10. The first-order valence-corrected chi connectivity index (χ1v) is 9.89. The number of carboxylic acid groups (broad SMARTS) is 1. The van der Waals surface area contributed by atoms with Crippen LogP contribution in [0.25, 0.3) is 0 Å². The number of ether oxygens (including phenoxy) is 2. The largest absolute Gasteiger partial charge is 0.480 e. The van der Waals surface area contributed by atoms with Crippen LogP contribution in [0.2, 0.25) is 0 Å². The van der Waals surface area contributed by atoms with Gasteiger partial charge in [-0.25, -0.2) is 14.4 Å². The van der Waals surface area contributed by atoms with Crippen LogP contribution in [0.3, 0.4) is 0 Å². The molecule has 5 N–H and O–H groups in total. The molecule has 0 saturated heterocycles. The van der Waals surface area contributed by atoms with Gasteiger partial charge in [0.25, 0.3) is 0 Å². The molecule has 33 heavy (non-hydrogen) atoms. The smallest absolute Gasteiger partial charge is 0.408 e. The van der Waals surface area contributed by atoms with Crippen molar-refractivity contribution in [2.24, 2.45) is 5.73 Å². The van der Waals surface area contributed by atoms with E-state index in [0.29, 0.717) is 0 Å². The number of carboxylic acids is 1. The summed E-state index contributed by atoms with van der Waals surface area (Å²) in [6, 6.07) is 4.39. The van der Waals surface area contributed by atoms with E-state index >= 15 is 0 Å². The van der Waals surface area contributed by atoms with E-state index in [1.165, 1.54) is 12.1 Å². The molecule has 1 aromatic rings. The Balaban J connectivity index is 2.83. The van der Waals surface area contributed by atoms with E-state index in [1.54, 1.807) is 39.0 Å². The van der Waals surface area contributed by atoms with E-state index in [2.05, 4.69) is 15.4 Å². The molecule has 3 amide bonds. The lowest BCUT2D eigenvalue weighted by Crippen LogP contribution is -2.53. The molecule has 2 atom stereocenters. The van der Waals surface area contributed by atoms with Crippen LogP contribution >= 0.6 is 0 Å². The summed E-state index contributed by atoms with van der Waals surface area (Å²) in [6.07, 6.45) is -2.38. The highest BCUT2D eigenvalue weighted by molar-refractivity contribution is 5.98. The molecule has 1 aromatic carbocycles. The van der Waals surface area contributed by atoms with Gasteiger partial charge in [0.2, 0.25) is 11.8 Å². The number of amides is 3. The number of primary amides is 1. The molecule has 180 valence electrons. The van der Waals surface area contributed by atoms with Crippen molar-refractivity contribution in [3.8, 4) is 0 Å². The molecule has 1 rings (SSSR count). The number of hydrogen-bond acceptors (Lipinski definition) is 8. The Bertz CT molecular complexity index is 894. The molecule has 0 saturated carbocycles. The molecular formula is C21H27N3O9. The number of benzene rings is 1. The van der Waals surface area contributed by atoms with E-state index in [4.69, 9.17) is 10.5 Å². The normalized spacial score (nSPS) is 12.6. The van der Waals surface area contributed by atoms with Crippen molar-refractivity contribution >= 4 is 35.8 Å². The molecule has 12 nitrogen and oxygen atoms in total. The van der Waals surface area contributed by atoms with Crippen LogP contribution in [0.15, 0.2) is 30.3 Å². The Hall–Kier alpha value is -3.96. The van der Waals surface area contributed by atoms with Gasteiger partial charge in [0.15, 0.2) is 0 Å². The van der Waals surface area contributed by atoms with Crippen molar-refractivity contribution in [2.45, 2.75) is 57.7 Å². The van der Waals surface area contributed by atoms with Gasteiger partial charge in [0.1, 0.15) is 17.7 Å². The summed E-state index contributed by atoms with van der Waals surface area (Å²) >= 11 is 0. The highest BCUT2D eigenvalue weighted by Crippen LogP contribution is 2.09. The highest BCUT2D eigenvalue weighted by atomic mass is 16.6. The Morgan fingerprint density at radius 2 is 1.61 bits per heavy atom. The summed E-state index contributed by atoms with van der Waals surface area (Å²) in [7, 11) is 0. The maximum absolute atomic E-state index is 12.6. The van der Waals surface area contributed by atoms with Crippen LogP contribution in [0.4, 0.5) is 4.79 Å². The fraction of sp³-hybridized carbons (Fsp3) is 0.429. The minimum Gasteiger partial charge on any atom is -0.480 e. The fourth-order valence-corrected chi connectivity index (χ4v) is 2.42. The predicted octanol–water partition coefficient (Wildman–Crippen LogP) is 0.488. The summed E-state index contributed by atoms with van der Waals surface area (Å²) in [6.45, 7) is 4.77. The van der Waals surface area contributed by atoms with Crippen LogP contribution in [0.1, 0.15) is 50.4 Å². The van der Waals surface area contributed by atoms with E-state index in [1.807, 2.05) is 0 Å². The Labute approximate surface area is 189 Å². The number of hydrogen-bond donors (Lipinski definition) is 4. The predicted molar refractivity (Wildman–Crippen MR) is 113 cm³/mol. The van der Waals surface area contributed by atoms with Crippen molar-refractivity contribution in [1.82, 2.24) is 10.6 Å². The minimum atomic E-state index is -1.77. The summed E-state index contributed by atoms with van der Waals surface area (Å²) < 4.78 is 9.67. The lowest BCUT2D eigenvalue weighted by atomic mass is 10.1. The molecule has 0 heterocycles. The van der Waals surface area contributed by atoms with Gasteiger partial charge in [-0.3, -0.25) is 14.4 Å². The fourth-order valence-electron chi connectivity index (χ4n) is 2.42. The SMILES string of the molecule is CC(C)(C)OC(=O)N[C@@H](CCC(N)=O)C(=O)N[C@@H](CC(=O)OC(=O)c1ccccc1)C(=O)O. The van der Waals surface area contributed by atoms with Gasteiger partial charge in [0, 0.05) is 6.42 Å². The summed E-state index contributed by atoms with van der Waals surface area (Å²) in [5.41, 5.74) is 4.28. The second-order valence-corrected chi connectivity index (χ2v) is 7.93. The molecule has 0 unspecified atom stereocenters. The topological polar surface area (TPSA) is 191 Å². The first kappa shape index (κ1) is 27.1. The third kappa shape index (κ3) is 10.8. The zero-order valence-electron chi connectivity index (χ0n) is 18.5. The Morgan fingerprint density at radius 3 is 2.12 bits per heavy atom. The van der Waals surface area contributed by atoms with E-state index in [0.717, 1.165) is 0 Å². The average molecular weight is 465 g/mol. The van der Waals surface area contributed by atoms with Crippen molar-refractivity contribution in [2.75, 3.05) is 0 Å². The molecule has 0 aromatic heterocycles. The van der Waals surface area contributed by atoms with Gasteiger partial charge in [-0.2, -0.15) is 0 Å². The van der Waals surface area contributed by atoms with E-state index in [9.17, 15) is 33.9 Å². The summed E-state index contributed by atoms with van der Waals surface area (Å²) in [4.78, 5) is 71.2. The number of carbonyl (C=O) groups excluding carboxylic acids is 5. The molecule has 0 aliphatic carbocycles. The molecule has 12 heteroatoms. The second-order valence-electron chi connectivity index (χ2n) is 7.93. The van der Waals surface area contributed by atoms with Crippen LogP contribution in [0, 0.1) is 0 Å². The number of nitrogens with one attached hydrogen (secondary N) is 2. The first-order chi connectivity index (χ1) is 15.3. The van der Waals surface area contributed by atoms with Gasteiger partial charge in [0.05, 0.1) is 12.0 Å². The first-order valence-electron chi connectivity index (χ1n) is 9.89. The zero-order chi connectivity index (χ0) is 25.2. The third-order valence-corrected chi connectivity index (χ3v) is 3.89. The zero-order valence-corrected chi connectivity index (χ0v) is 18.5. The van der Waals surface area contributed by atoms with Crippen molar-refractivity contribution in [3.63, 3.8) is 0 Å². The number of esters is 2. The van der Waals surface area contributed by atoms with E-state index < -0.39 is 59.9 Å². The quantitative estimate of drug-likeness (QED) is 0.281. The summed E-state index contributed by atoms with van der Waals surface area (Å²) in [5, 5.41) is 13.7. The van der Waals surface area contributed by atoms with Crippen molar-refractivity contribution < 1.29 is 43.3 Å². The molecule has 0 aliphatic rings.